The van der Waals surface area contributed by atoms with E-state index in [1.807, 2.05) is 0 Å². The van der Waals surface area contributed by atoms with Gasteiger partial charge in [0.2, 0.25) is 0 Å². The Labute approximate surface area is 70.0 Å². The van der Waals surface area contributed by atoms with Gasteiger partial charge in [-0.05, 0) is 18.9 Å². The van der Waals surface area contributed by atoms with E-state index in [0.717, 1.165) is 0 Å². The molecule has 0 saturated carbocycles. The van der Waals surface area contributed by atoms with Gasteiger partial charge in [-0.15, -0.1) is 0 Å². The van der Waals surface area contributed by atoms with Crippen LogP contribution in [0.5, 0.6) is 0 Å². The SMILES string of the molecule is OC1CCC2C(F)=CC=NC2N1. The molecule has 3 unspecified atom stereocenters. The minimum atomic E-state index is -0.533. The highest BCUT2D eigenvalue weighted by Crippen LogP contribution is 2.29. The summed E-state index contributed by atoms with van der Waals surface area (Å²) in [6, 6.07) is 0. The Kier molecular flexibility index (Phi) is 1.94. The van der Waals surface area contributed by atoms with Crippen molar-refractivity contribution in [3.63, 3.8) is 0 Å². The van der Waals surface area contributed by atoms with E-state index in [4.69, 9.17) is 0 Å². The second-order valence-electron chi connectivity index (χ2n) is 3.16. The fraction of sp³-hybridized carbons (Fsp3) is 0.625. The number of hydrogen-bond donors (Lipinski definition) is 2. The Hall–Kier alpha value is -0.740. The van der Waals surface area contributed by atoms with Gasteiger partial charge in [0.05, 0.1) is 0 Å². The number of nitrogens with zero attached hydrogens (tertiary/aromatic N) is 1. The van der Waals surface area contributed by atoms with Crippen molar-refractivity contribution in [2.75, 3.05) is 0 Å². The minimum absolute atomic E-state index is 0.130. The van der Waals surface area contributed by atoms with E-state index in [1.54, 1.807) is 0 Å². The standard InChI is InChI=1S/C8H11FN2O/c9-6-3-4-10-8-5(6)1-2-7(12)11-8/h3-5,7-8,11-12H,1-2H2. The number of hydrogen-bond acceptors (Lipinski definition) is 3. The molecule has 2 aliphatic rings. The molecule has 0 aromatic carbocycles. The second-order valence-corrected chi connectivity index (χ2v) is 3.16. The fourth-order valence-corrected chi connectivity index (χ4v) is 1.66. The monoisotopic (exact) mass is 170 g/mol. The van der Waals surface area contributed by atoms with Crippen LogP contribution in [-0.2, 0) is 0 Å². The summed E-state index contributed by atoms with van der Waals surface area (Å²) in [5.41, 5.74) is 0. The average molecular weight is 170 g/mol. The number of rotatable bonds is 0. The quantitative estimate of drug-likeness (QED) is 0.558. The summed E-state index contributed by atoms with van der Waals surface area (Å²) in [6.07, 6.45) is 3.30. The first-order valence-corrected chi connectivity index (χ1v) is 4.10. The van der Waals surface area contributed by atoms with Crippen LogP contribution in [0.15, 0.2) is 16.9 Å². The van der Waals surface area contributed by atoms with Gasteiger partial charge in [-0.2, -0.15) is 0 Å². The van der Waals surface area contributed by atoms with Crippen LogP contribution < -0.4 is 5.32 Å². The summed E-state index contributed by atoms with van der Waals surface area (Å²) in [6.45, 7) is 0. The third-order valence-corrected chi connectivity index (χ3v) is 2.33. The van der Waals surface area contributed by atoms with E-state index in [0.29, 0.717) is 12.8 Å². The Bertz CT molecular complexity index is 239. The molecule has 2 aliphatic heterocycles. The fourth-order valence-electron chi connectivity index (χ4n) is 1.66. The molecule has 0 bridgehead atoms. The largest absolute Gasteiger partial charge is 0.379 e. The Morgan fingerprint density at radius 1 is 1.58 bits per heavy atom. The van der Waals surface area contributed by atoms with E-state index in [-0.39, 0.29) is 17.9 Å². The van der Waals surface area contributed by atoms with Gasteiger partial charge >= 0.3 is 0 Å². The predicted molar refractivity (Wildman–Crippen MR) is 43.3 cm³/mol. The molecule has 12 heavy (non-hydrogen) atoms. The van der Waals surface area contributed by atoms with E-state index < -0.39 is 6.23 Å². The van der Waals surface area contributed by atoms with Gasteiger partial charge in [-0.25, -0.2) is 4.39 Å². The van der Waals surface area contributed by atoms with Crippen LogP contribution in [0.1, 0.15) is 12.8 Å². The number of aliphatic hydroxyl groups excluding tert-OH is 1. The highest BCUT2D eigenvalue weighted by atomic mass is 19.1. The van der Waals surface area contributed by atoms with Crippen molar-refractivity contribution in [1.29, 1.82) is 0 Å². The number of aliphatic hydroxyl groups is 1. The topological polar surface area (TPSA) is 44.6 Å². The van der Waals surface area contributed by atoms with Crippen LogP contribution in [0, 0.1) is 5.92 Å². The lowest BCUT2D eigenvalue weighted by molar-refractivity contribution is 0.0645. The molecule has 0 aliphatic carbocycles. The first-order chi connectivity index (χ1) is 5.77. The number of allylic oxidation sites excluding steroid dienone is 1. The van der Waals surface area contributed by atoms with Crippen LogP contribution in [0.2, 0.25) is 0 Å². The number of halogens is 1. The lowest BCUT2D eigenvalue weighted by Crippen LogP contribution is -2.47. The van der Waals surface area contributed by atoms with Crippen LogP contribution in [0.4, 0.5) is 4.39 Å². The molecule has 4 heteroatoms. The van der Waals surface area contributed by atoms with Crippen molar-refractivity contribution in [2.24, 2.45) is 10.9 Å². The molecule has 2 rings (SSSR count). The van der Waals surface area contributed by atoms with E-state index in [1.165, 1.54) is 12.3 Å². The van der Waals surface area contributed by atoms with Crippen LogP contribution in [0.25, 0.3) is 0 Å². The Balaban J connectivity index is 2.13. The zero-order chi connectivity index (χ0) is 8.55. The molecule has 2 heterocycles. The first-order valence-electron chi connectivity index (χ1n) is 4.10. The minimum Gasteiger partial charge on any atom is -0.379 e. The van der Waals surface area contributed by atoms with Gasteiger partial charge in [0.15, 0.2) is 0 Å². The van der Waals surface area contributed by atoms with Gasteiger partial charge in [-0.3, -0.25) is 10.3 Å². The molecular formula is C8H11FN2O. The van der Waals surface area contributed by atoms with Gasteiger partial charge in [0, 0.05) is 12.1 Å². The maximum Gasteiger partial charge on any atom is 0.111 e. The highest BCUT2D eigenvalue weighted by Gasteiger charge is 2.32. The predicted octanol–water partition coefficient (Wildman–Crippen LogP) is 0.568. The molecule has 1 saturated heterocycles. The van der Waals surface area contributed by atoms with Crippen molar-refractivity contribution in [3.8, 4) is 0 Å². The molecule has 0 amide bonds. The third kappa shape index (κ3) is 1.28. The number of nitrogens with one attached hydrogen (secondary N) is 1. The summed E-state index contributed by atoms with van der Waals surface area (Å²) in [7, 11) is 0. The van der Waals surface area contributed by atoms with Gasteiger partial charge in [0.1, 0.15) is 18.2 Å². The van der Waals surface area contributed by atoms with Crippen molar-refractivity contribution in [1.82, 2.24) is 5.32 Å². The second kappa shape index (κ2) is 2.95. The molecule has 3 atom stereocenters. The van der Waals surface area contributed by atoms with Gasteiger partial charge in [0.25, 0.3) is 0 Å². The van der Waals surface area contributed by atoms with E-state index >= 15 is 0 Å². The molecule has 0 spiro atoms. The number of dihydropyridines is 1. The molecule has 2 N–H and O–H groups in total. The molecule has 1 fully saturated rings. The number of piperidine rings is 1. The number of aliphatic imine (C=N–C) groups is 1. The Morgan fingerprint density at radius 3 is 3.25 bits per heavy atom. The summed E-state index contributed by atoms with van der Waals surface area (Å²) in [4.78, 5) is 4.04. The smallest absolute Gasteiger partial charge is 0.111 e. The molecule has 0 radical (unpaired) electrons. The van der Waals surface area contributed by atoms with E-state index in [9.17, 15) is 9.50 Å². The third-order valence-electron chi connectivity index (χ3n) is 2.33. The summed E-state index contributed by atoms with van der Waals surface area (Å²) >= 11 is 0. The van der Waals surface area contributed by atoms with Gasteiger partial charge < -0.3 is 5.11 Å². The van der Waals surface area contributed by atoms with Crippen LogP contribution in [-0.4, -0.2) is 23.7 Å². The average Bonchev–Trinajstić information content (AvgIpc) is 2.04. The lowest BCUT2D eigenvalue weighted by atomic mass is 9.92. The lowest BCUT2D eigenvalue weighted by Gasteiger charge is -2.33. The van der Waals surface area contributed by atoms with Gasteiger partial charge in [-0.1, -0.05) is 0 Å². The first kappa shape index (κ1) is 7.89. The summed E-state index contributed by atoms with van der Waals surface area (Å²) in [5.74, 6) is -0.298. The molecule has 66 valence electrons. The molecule has 3 nitrogen and oxygen atoms in total. The number of fused-ring (bicyclic) bond motifs is 1. The van der Waals surface area contributed by atoms with Crippen molar-refractivity contribution >= 4 is 6.21 Å². The van der Waals surface area contributed by atoms with Crippen molar-refractivity contribution in [2.45, 2.75) is 25.2 Å². The Morgan fingerprint density at radius 2 is 2.42 bits per heavy atom. The highest BCUT2D eigenvalue weighted by molar-refractivity contribution is 5.73. The maximum atomic E-state index is 13.1. The maximum absolute atomic E-state index is 13.1. The van der Waals surface area contributed by atoms with Crippen LogP contribution >= 0.6 is 0 Å². The van der Waals surface area contributed by atoms with Crippen LogP contribution in [0.3, 0.4) is 0 Å². The zero-order valence-electron chi connectivity index (χ0n) is 6.57. The molecule has 0 aromatic heterocycles. The van der Waals surface area contributed by atoms with Crippen molar-refractivity contribution < 1.29 is 9.50 Å². The summed E-state index contributed by atoms with van der Waals surface area (Å²) < 4.78 is 13.1. The normalized spacial score (nSPS) is 40.5. The molecule has 0 aromatic rings. The van der Waals surface area contributed by atoms with E-state index in [2.05, 4.69) is 10.3 Å². The van der Waals surface area contributed by atoms with Crippen molar-refractivity contribution in [3.05, 3.63) is 11.9 Å². The zero-order valence-corrected chi connectivity index (χ0v) is 6.57. The molecular weight excluding hydrogens is 159 g/mol. The summed E-state index contributed by atoms with van der Waals surface area (Å²) in [5, 5.41) is 12.0.